The Hall–Kier alpha value is 0.0274. The molecule has 0 saturated heterocycles. The van der Waals surface area contributed by atoms with E-state index >= 15 is 0 Å². The minimum absolute atomic E-state index is 0. The van der Waals surface area contributed by atoms with Crippen LogP contribution < -0.4 is 24.0 Å². The summed E-state index contributed by atoms with van der Waals surface area (Å²) >= 11 is 0. The van der Waals surface area contributed by atoms with E-state index in [-0.39, 0.29) is 31.3 Å². The largest absolute Gasteiger partial charge is 1.00 e. The maximum Gasteiger partial charge on any atom is 1.00 e. The maximum absolute atomic E-state index is 11.2. The van der Waals surface area contributed by atoms with Crippen molar-refractivity contribution in [3.05, 3.63) is 0 Å². The van der Waals surface area contributed by atoms with Gasteiger partial charge in [0, 0.05) is 18.4 Å². The summed E-state index contributed by atoms with van der Waals surface area (Å²) in [5, 5.41) is 11.2. The van der Waals surface area contributed by atoms with E-state index < -0.39 is 5.97 Å². The molecule has 0 rings (SSSR count). The van der Waals surface area contributed by atoms with Crippen molar-refractivity contribution in [1.82, 2.24) is 4.90 Å². The van der Waals surface area contributed by atoms with Gasteiger partial charge in [-0.2, -0.15) is 0 Å². The third-order valence-corrected chi connectivity index (χ3v) is 6.49. The predicted molar refractivity (Wildman–Crippen MR) is 130 cm³/mol. The van der Waals surface area contributed by atoms with Gasteiger partial charge in [0.15, 0.2) is 0 Å². The van der Waals surface area contributed by atoms with E-state index in [2.05, 4.69) is 25.7 Å². The van der Waals surface area contributed by atoms with Crippen molar-refractivity contribution in [2.24, 2.45) is 0 Å². The smallest absolute Gasteiger partial charge is 0.550 e. The van der Waals surface area contributed by atoms with Crippen LogP contribution in [0.1, 0.15) is 149 Å². The van der Waals surface area contributed by atoms with Crippen molar-refractivity contribution in [3.8, 4) is 0 Å². The van der Waals surface area contributed by atoms with Crippen molar-refractivity contribution >= 4 is 5.97 Å². The quantitative estimate of drug-likeness (QED) is 0.169. The van der Waals surface area contributed by atoms with E-state index in [4.69, 9.17) is 0 Å². The first-order valence-corrected chi connectivity index (χ1v) is 13.6. The van der Waals surface area contributed by atoms with E-state index in [0.29, 0.717) is 0 Å². The first-order valence-electron chi connectivity index (χ1n) is 13.6. The molecule has 0 aromatic rings. The Balaban J connectivity index is 0. The molecule has 3 nitrogen and oxygen atoms in total. The number of carbonyl (C=O) groups is 1. The second-order valence-corrected chi connectivity index (χ2v) is 9.33. The summed E-state index contributed by atoms with van der Waals surface area (Å²) in [6.45, 7) is 8.76. The van der Waals surface area contributed by atoms with E-state index in [1.54, 1.807) is 0 Å². The van der Waals surface area contributed by atoms with Crippen LogP contribution in [-0.4, -0.2) is 30.0 Å². The molecule has 0 amide bonds. The van der Waals surface area contributed by atoms with Gasteiger partial charge >= 0.3 is 18.9 Å². The van der Waals surface area contributed by atoms with E-state index in [1.807, 2.05) is 0 Å². The molecular formula is C27H54LiNO2. The maximum atomic E-state index is 11.2. The van der Waals surface area contributed by atoms with Gasteiger partial charge in [0.1, 0.15) is 0 Å². The van der Waals surface area contributed by atoms with Gasteiger partial charge in [0.2, 0.25) is 0 Å². The monoisotopic (exact) mass is 431 g/mol. The average molecular weight is 432 g/mol. The molecule has 0 aliphatic rings. The molecular weight excluding hydrogens is 377 g/mol. The number of carboxylic acid groups (broad SMARTS) is 1. The minimum Gasteiger partial charge on any atom is -0.550 e. The zero-order chi connectivity index (χ0) is 22.3. The number of hydrogen-bond donors (Lipinski definition) is 0. The van der Waals surface area contributed by atoms with Gasteiger partial charge < -0.3 is 14.8 Å². The number of unbranched alkanes of at least 4 members (excludes halogenated alkanes) is 16. The Kier molecular flexibility index (Phi) is 28.1. The van der Waals surface area contributed by atoms with Crippen molar-refractivity contribution < 1.29 is 28.8 Å². The number of rotatable bonds is 24. The minimum atomic E-state index is -0.897. The van der Waals surface area contributed by atoms with Gasteiger partial charge in [-0.3, -0.25) is 0 Å². The summed E-state index contributed by atoms with van der Waals surface area (Å²) in [5.41, 5.74) is 0. The molecule has 31 heavy (non-hydrogen) atoms. The molecule has 0 aromatic carbocycles. The van der Waals surface area contributed by atoms with Crippen LogP contribution in [0.15, 0.2) is 0 Å². The zero-order valence-electron chi connectivity index (χ0n) is 21.9. The third kappa shape index (κ3) is 23.0. The van der Waals surface area contributed by atoms with Gasteiger partial charge in [0.25, 0.3) is 0 Å². The Morgan fingerprint density at radius 2 is 0.935 bits per heavy atom. The fourth-order valence-electron chi connectivity index (χ4n) is 4.45. The fourth-order valence-corrected chi connectivity index (χ4v) is 4.45. The molecule has 4 heteroatoms. The van der Waals surface area contributed by atoms with Crippen LogP contribution in [0, 0.1) is 0 Å². The van der Waals surface area contributed by atoms with Gasteiger partial charge in [-0.15, -0.1) is 0 Å². The van der Waals surface area contributed by atoms with Crippen LogP contribution in [0.2, 0.25) is 0 Å². The summed E-state index contributed by atoms with van der Waals surface area (Å²) in [4.78, 5) is 13.6. The van der Waals surface area contributed by atoms with E-state index in [1.165, 1.54) is 116 Å². The molecule has 0 aliphatic heterocycles. The fraction of sp³-hybridized carbons (Fsp3) is 0.963. The van der Waals surface area contributed by atoms with Crippen molar-refractivity contribution in [3.63, 3.8) is 0 Å². The van der Waals surface area contributed by atoms with Crippen LogP contribution in [0.25, 0.3) is 0 Å². The average Bonchev–Trinajstić information content (AvgIpc) is 2.73. The molecule has 1 atom stereocenters. The van der Waals surface area contributed by atoms with Crippen molar-refractivity contribution in [1.29, 1.82) is 0 Å². The normalized spacial score (nSPS) is 12.1. The van der Waals surface area contributed by atoms with Crippen molar-refractivity contribution in [2.45, 2.75) is 155 Å². The molecule has 1 unspecified atom stereocenters. The second-order valence-electron chi connectivity index (χ2n) is 9.33. The summed E-state index contributed by atoms with van der Waals surface area (Å²) in [6, 6.07) is 0.151. The summed E-state index contributed by atoms with van der Waals surface area (Å²) in [5.74, 6) is -0.897. The molecule has 0 radical (unpaired) electrons. The number of carboxylic acids is 1. The first-order chi connectivity index (χ1) is 14.7. The van der Waals surface area contributed by atoms with Gasteiger partial charge in [-0.25, -0.2) is 0 Å². The standard InChI is InChI=1S/C27H55NO2.Li/c1-4-7-9-11-13-15-17-19-21-23-28(26(6-3)25-27(29)30)24-22-20-18-16-14-12-10-8-5-2;/h26H,4-25H2,1-3H3,(H,29,30);/q;+1/p-1. The number of aliphatic carboxylic acids is 1. The van der Waals surface area contributed by atoms with Crippen LogP contribution >= 0.6 is 0 Å². The number of nitrogens with zero attached hydrogens (tertiary/aromatic N) is 1. The summed E-state index contributed by atoms with van der Waals surface area (Å²) in [6.07, 6.45) is 25.2. The van der Waals surface area contributed by atoms with Crippen molar-refractivity contribution in [2.75, 3.05) is 13.1 Å². The Bertz CT molecular complexity index is 343. The molecule has 0 bridgehead atoms. The van der Waals surface area contributed by atoms with Crippen LogP contribution in [-0.2, 0) is 4.79 Å². The summed E-state index contributed by atoms with van der Waals surface area (Å²) in [7, 11) is 0. The van der Waals surface area contributed by atoms with E-state index in [9.17, 15) is 9.90 Å². The molecule has 180 valence electrons. The predicted octanol–water partition coefficient (Wildman–Crippen LogP) is 4.27. The molecule has 0 N–H and O–H groups in total. The Morgan fingerprint density at radius 3 is 1.23 bits per heavy atom. The molecule has 0 fully saturated rings. The molecule has 0 aliphatic carbocycles. The molecule has 0 spiro atoms. The van der Waals surface area contributed by atoms with Crippen LogP contribution in [0.5, 0.6) is 0 Å². The first kappa shape index (κ1) is 33.2. The van der Waals surface area contributed by atoms with E-state index in [0.717, 1.165) is 19.5 Å². The SMILES string of the molecule is CCCCCCCCCCCN(CCCCCCCCCCC)C(CC)CC(=O)[O-].[Li+]. The van der Waals surface area contributed by atoms with Gasteiger partial charge in [-0.1, -0.05) is 124 Å². The van der Waals surface area contributed by atoms with Crippen LogP contribution in [0.3, 0.4) is 0 Å². The number of hydrogen-bond acceptors (Lipinski definition) is 3. The molecule has 0 heterocycles. The second kappa shape index (κ2) is 26.3. The number of carbonyl (C=O) groups excluding carboxylic acids is 1. The molecule has 0 saturated carbocycles. The Morgan fingerprint density at radius 1 is 0.613 bits per heavy atom. The summed E-state index contributed by atoms with van der Waals surface area (Å²) < 4.78 is 0. The topological polar surface area (TPSA) is 43.4 Å². The Labute approximate surface area is 207 Å². The third-order valence-electron chi connectivity index (χ3n) is 6.49. The molecule has 0 aromatic heterocycles. The van der Waals surface area contributed by atoms with Gasteiger partial charge in [-0.05, 0) is 32.4 Å². The van der Waals surface area contributed by atoms with Crippen LogP contribution in [0.4, 0.5) is 0 Å². The van der Waals surface area contributed by atoms with Gasteiger partial charge in [0.05, 0.1) is 0 Å². The zero-order valence-corrected chi connectivity index (χ0v) is 21.9.